The maximum Gasteiger partial charge on any atom is 0.269 e. The fourth-order valence-corrected chi connectivity index (χ4v) is 5.50. The number of nitrogens with one attached hydrogen (secondary N) is 5. The summed E-state index contributed by atoms with van der Waals surface area (Å²) in [7, 11) is -3.82. The third-order valence-electron chi connectivity index (χ3n) is 5.34. The molecular formula is C23H25N5O4S2. The lowest BCUT2D eigenvalue weighted by Crippen LogP contribution is -2.50. The molecule has 9 nitrogen and oxygen atoms in total. The van der Waals surface area contributed by atoms with Gasteiger partial charge in [-0.05, 0) is 49.2 Å². The fourth-order valence-electron chi connectivity index (χ4n) is 3.49. The van der Waals surface area contributed by atoms with E-state index in [9.17, 15) is 18.0 Å². The van der Waals surface area contributed by atoms with Gasteiger partial charge in [0.15, 0.2) is 0 Å². The molecule has 2 aromatic carbocycles. The van der Waals surface area contributed by atoms with Crippen molar-refractivity contribution in [2.75, 3.05) is 0 Å². The summed E-state index contributed by atoms with van der Waals surface area (Å²) in [5.41, 5.74) is 11.7. The number of rotatable bonds is 7. The molecule has 4 rings (SSSR count). The van der Waals surface area contributed by atoms with Crippen LogP contribution >= 0.6 is 11.3 Å². The lowest BCUT2D eigenvalue weighted by atomic mass is 10.1. The van der Waals surface area contributed by atoms with Crippen molar-refractivity contribution in [3.63, 3.8) is 0 Å². The lowest BCUT2D eigenvalue weighted by molar-refractivity contribution is -0.123. The number of benzene rings is 2. The second-order valence-electron chi connectivity index (χ2n) is 7.86. The maximum atomic E-state index is 12.6. The van der Waals surface area contributed by atoms with E-state index in [4.69, 9.17) is 0 Å². The third kappa shape index (κ3) is 5.88. The molecule has 2 amide bonds. The Morgan fingerprint density at radius 2 is 1.79 bits per heavy atom. The minimum Gasteiger partial charge on any atom is -0.271 e. The summed E-state index contributed by atoms with van der Waals surface area (Å²) in [5.74, 6) is -1.02. The van der Waals surface area contributed by atoms with E-state index in [-0.39, 0.29) is 23.0 Å². The monoisotopic (exact) mass is 499 g/mol. The van der Waals surface area contributed by atoms with Crippen molar-refractivity contribution in [3.8, 4) is 0 Å². The first-order valence-electron chi connectivity index (χ1n) is 10.6. The van der Waals surface area contributed by atoms with Gasteiger partial charge in [-0.3, -0.25) is 20.4 Å². The normalized spacial score (nSPS) is 17.9. The summed E-state index contributed by atoms with van der Waals surface area (Å²) in [4.78, 5) is 27.3. The van der Waals surface area contributed by atoms with Crippen LogP contribution in [0.4, 0.5) is 0 Å². The van der Waals surface area contributed by atoms with Crippen LogP contribution in [0, 0.1) is 6.92 Å². The summed E-state index contributed by atoms with van der Waals surface area (Å²) in [5, 5.41) is 0. The number of carbonyl (C=O) groups is 2. The highest BCUT2D eigenvalue weighted by atomic mass is 32.2. The van der Waals surface area contributed by atoms with Gasteiger partial charge in [-0.25, -0.2) is 24.0 Å². The molecule has 2 unspecified atom stereocenters. The zero-order valence-electron chi connectivity index (χ0n) is 18.4. The minimum absolute atomic E-state index is 0.00965. The number of hydrogen-bond acceptors (Lipinski definition) is 7. The van der Waals surface area contributed by atoms with Crippen LogP contribution in [0.1, 0.15) is 38.1 Å². The molecule has 1 aromatic heterocycles. The topological polar surface area (TPSA) is 128 Å². The van der Waals surface area contributed by atoms with Crippen molar-refractivity contribution in [1.82, 2.24) is 26.4 Å². The van der Waals surface area contributed by atoms with Gasteiger partial charge in [-0.2, -0.15) is 0 Å². The van der Waals surface area contributed by atoms with E-state index < -0.39 is 27.9 Å². The molecule has 178 valence electrons. The number of carbonyl (C=O) groups excluding carboxylic acids is 2. The fraction of sp³-hybridized carbons (Fsp3) is 0.217. The van der Waals surface area contributed by atoms with E-state index in [2.05, 4.69) is 26.4 Å². The average Bonchev–Trinajstić information content (AvgIpc) is 3.51. The van der Waals surface area contributed by atoms with E-state index in [1.165, 1.54) is 29.1 Å². The van der Waals surface area contributed by atoms with Crippen molar-refractivity contribution >= 4 is 33.2 Å². The Labute approximate surface area is 202 Å². The van der Waals surface area contributed by atoms with Crippen molar-refractivity contribution < 1.29 is 18.0 Å². The number of hydrazine groups is 2. The zero-order chi connectivity index (χ0) is 24.1. The van der Waals surface area contributed by atoms with Gasteiger partial charge in [-0.15, -0.1) is 11.3 Å². The molecule has 0 radical (unpaired) electrons. The Morgan fingerprint density at radius 1 is 1.00 bits per heavy atom. The van der Waals surface area contributed by atoms with Gasteiger partial charge in [0, 0.05) is 21.9 Å². The summed E-state index contributed by atoms with van der Waals surface area (Å²) < 4.78 is 27.8. The largest absolute Gasteiger partial charge is 0.271 e. The Morgan fingerprint density at radius 3 is 2.53 bits per heavy atom. The highest BCUT2D eigenvalue weighted by Gasteiger charge is 2.31. The predicted molar refractivity (Wildman–Crippen MR) is 129 cm³/mol. The van der Waals surface area contributed by atoms with E-state index in [0.29, 0.717) is 6.42 Å². The molecule has 5 N–H and O–H groups in total. The maximum absolute atomic E-state index is 12.6. The van der Waals surface area contributed by atoms with Gasteiger partial charge in [-0.1, -0.05) is 36.4 Å². The Bertz CT molecular complexity index is 1280. The predicted octanol–water partition coefficient (Wildman–Crippen LogP) is 1.90. The smallest absolute Gasteiger partial charge is 0.269 e. The molecule has 34 heavy (non-hydrogen) atoms. The van der Waals surface area contributed by atoms with Crippen molar-refractivity contribution in [3.05, 3.63) is 87.6 Å². The van der Waals surface area contributed by atoms with Crippen LogP contribution in [-0.4, -0.2) is 26.3 Å². The molecule has 2 atom stereocenters. The molecule has 1 aliphatic heterocycles. The first kappa shape index (κ1) is 24.0. The Kier molecular flexibility index (Phi) is 7.39. The van der Waals surface area contributed by atoms with E-state index >= 15 is 0 Å². The molecule has 11 heteroatoms. The average molecular weight is 500 g/mol. The quantitative estimate of drug-likeness (QED) is 0.316. The highest BCUT2D eigenvalue weighted by molar-refractivity contribution is 7.89. The third-order valence-corrected chi connectivity index (χ3v) is 7.85. The molecule has 3 aromatic rings. The Balaban J connectivity index is 1.32. The van der Waals surface area contributed by atoms with Gasteiger partial charge >= 0.3 is 0 Å². The first-order valence-corrected chi connectivity index (χ1v) is 12.9. The van der Waals surface area contributed by atoms with Crippen LogP contribution in [0.2, 0.25) is 0 Å². The van der Waals surface area contributed by atoms with Crippen LogP contribution in [0.5, 0.6) is 0 Å². The number of sulfonamides is 1. The molecule has 1 saturated heterocycles. The van der Waals surface area contributed by atoms with Crippen LogP contribution in [-0.2, 0) is 21.4 Å². The molecule has 2 heterocycles. The van der Waals surface area contributed by atoms with Crippen LogP contribution in [0.3, 0.4) is 0 Å². The van der Waals surface area contributed by atoms with Crippen molar-refractivity contribution in [2.45, 2.75) is 36.9 Å². The standard InChI is InChI=1S/C23H25N5O4S2/c1-15-10-11-21(33-15)19-13-20(26-25-19)23(30)28-27-22(29)17-8-5-9-18(12-17)34(31,32)24-14-16-6-3-2-4-7-16/h2-12,19-20,24-26H,13-14H2,1H3,(H,27,29)(H,28,30). The zero-order valence-corrected chi connectivity index (χ0v) is 20.0. The van der Waals surface area contributed by atoms with Gasteiger partial charge in [0.05, 0.1) is 10.9 Å². The van der Waals surface area contributed by atoms with Crippen LogP contribution in [0.25, 0.3) is 0 Å². The molecule has 1 aliphatic rings. The summed E-state index contributed by atoms with van der Waals surface area (Å²) >= 11 is 1.66. The van der Waals surface area contributed by atoms with Gasteiger partial charge in [0.1, 0.15) is 6.04 Å². The Hall–Kier alpha value is -3.09. The van der Waals surface area contributed by atoms with Gasteiger partial charge in [0.25, 0.3) is 11.8 Å². The van der Waals surface area contributed by atoms with Crippen molar-refractivity contribution in [1.29, 1.82) is 0 Å². The number of aryl methyl sites for hydroxylation is 1. The van der Waals surface area contributed by atoms with Crippen molar-refractivity contribution in [2.24, 2.45) is 0 Å². The van der Waals surface area contributed by atoms with E-state index in [0.717, 1.165) is 10.4 Å². The van der Waals surface area contributed by atoms with Crippen LogP contribution in [0.15, 0.2) is 71.6 Å². The van der Waals surface area contributed by atoms with Gasteiger partial charge in [0.2, 0.25) is 10.0 Å². The number of hydrogen-bond donors (Lipinski definition) is 5. The molecule has 0 saturated carbocycles. The molecule has 0 spiro atoms. The molecule has 1 fully saturated rings. The minimum atomic E-state index is -3.82. The number of amides is 2. The number of thiophene rings is 1. The van der Waals surface area contributed by atoms with E-state index in [1.807, 2.05) is 49.4 Å². The molecule has 0 aliphatic carbocycles. The van der Waals surface area contributed by atoms with Gasteiger partial charge < -0.3 is 0 Å². The SMILES string of the molecule is Cc1ccc(C2CC(C(=O)NNC(=O)c3cccc(S(=O)(=O)NCc4ccccc4)c3)NN2)s1. The highest BCUT2D eigenvalue weighted by Crippen LogP contribution is 2.28. The van der Waals surface area contributed by atoms with E-state index in [1.54, 1.807) is 11.3 Å². The lowest BCUT2D eigenvalue weighted by Gasteiger charge is -2.12. The second-order valence-corrected chi connectivity index (χ2v) is 10.9. The summed E-state index contributed by atoms with van der Waals surface area (Å²) in [6, 6.07) is 18.3. The molecular weight excluding hydrogens is 474 g/mol. The summed E-state index contributed by atoms with van der Waals surface area (Å²) in [6.45, 7) is 2.15. The second kappa shape index (κ2) is 10.5. The van der Waals surface area contributed by atoms with Crippen LogP contribution < -0.4 is 26.4 Å². The first-order chi connectivity index (χ1) is 16.3. The summed E-state index contributed by atoms with van der Waals surface area (Å²) in [6.07, 6.45) is 0.530. The molecule has 0 bridgehead atoms.